The van der Waals surface area contributed by atoms with Crippen LogP contribution in [0.5, 0.6) is 0 Å². The molecule has 19 heavy (non-hydrogen) atoms. The van der Waals surface area contributed by atoms with E-state index in [1.54, 1.807) is 0 Å². The predicted molar refractivity (Wildman–Crippen MR) is 72.8 cm³/mol. The molecule has 0 spiro atoms. The van der Waals surface area contributed by atoms with Crippen molar-refractivity contribution in [1.82, 2.24) is 14.9 Å². The van der Waals surface area contributed by atoms with Gasteiger partial charge in [0.1, 0.15) is 0 Å². The van der Waals surface area contributed by atoms with Crippen molar-refractivity contribution in [2.45, 2.75) is 18.6 Å². The molecule has 4 heteroatoms. The van der Waals surface area contributed by atoms with Crippen LogP contribution in [-0.2, 0) is 0 Å². The van der Waals surface area contributed by atoms with Gasteiger partial charge in [-0.3, -0.25) is 0 Å². The van der Waals surface area contributed by atoms with Crippen molar-refractivity contribution < 1.29 is 5.11 Å². The number of hydrogen-bond donors (Lipinski definition) is 2. The molecule has 4 rings (SSSR count). The van der Waals surface area contributed by atoms with Crippen LogP contribution in [0.15, 0.2) is 36.8 Å². The smallest absolute Gasteiger partial charge is 0.0956 e. The maximum atomic E-state index is 10.3. The third kappa shape index (κ3) is 1.57. The average Bonchev–Trinajstić information content (AvgIpc) is 3.00. The van der Waals surface area contributed by atoms with Crippen LogP contribution in [0.3, 0.4) is 0 Å². The van der Waals surface area contributed by atoms with Gasteiger partial charge in [-0.1, -0.05) is 24.3 Å². The fourth-order valence-electron chi connectivity index (χ4n) is 3.54. The van der Waals surface area contributed by atoms with Crippen LogP contribution in [0, 0.1) is 5.92 Å². The van der Waals surface area contributed by atoms with Crippen molar-refractivity contribution in [2.75, 3.05) is 13.1 Å². The highest BCUT2D eigenvalue weighted by Gasteiger charge is 2.38. The van der Waals surface area contributed by atoms with Crippen LogP contribution in [0.2, 0.25) is 0 Å². The summed E-state index contributed by atoms with van der Waals surface area (Å²) in [7, 11) is 0. The SMILES string of the molecule is O[C@H]1CNCC[C@@H]1C1c2ccccc2-c2cncn21. The molecule has 0 saturated carbocycles. The van der Waals surface area contributed by atoms with Crippen LogP contribution in [-0.4, -0.2) is 33.9 Å². The molecule has 1 aromatic carbocycles. The third-order valence-corrected chi connectivity index (χ3v) is 4.43. The molecule has 3 heterocycles. The van der Waals surface area contributed by atoms with E-state index >= 15 is 0 Å². The van der Waals surface area contributed by atoms with Crippen LogP contribution in [0.25, 0.3) is 11.3 Å². The Balaban J connectivity index is 1.84. The van der Waals surface area contributed by atoms with Crippen molar-refractivity contribution in [2.24, 2.45) is 5.92 Å². The van der Waals surface area contributed by atoms with E-state index < -0.39 is 0 Å². The Bertz CT molecular complexity index is 607. The number of nitrogens with one attached hydrogen (secondary N) is 1. The first kappa shape index (κ1) is 11.2. The first-order chi connectivity index (χ1) is 9.36. The lowest BCUT2D eigenvalue weighted by Crippen LogP contribution is -2.43. The zero-order chi connectivity index (χ0) is 12.8. The summed E-state index contributed by atoms with van der Waals surface area (Å²) in [5, 5.41) is 13.6. The lowest BCUT2D eigenvalue weighted by molar-refractivity contribution is 0.0618. The Kier molecular flexibility index (Phi) is 2.47. The highest BCUT2D eigenvalue weighted by atomic mass is 16.3. The highest BCUT2D eigenvalue weighted by Crippen LogP contribution is 2.44. The van der Waals surface area contributed by atoms with Gasteiger partial charge in [0.05, 0.1) is 30.4 Å². The molecule has 98 valence electrons. The minimum atomic E-state index is -0.292. The lowest BCUT2D eigenvalue weighted by Gasteiger charge is -2.34. The largest absolute Gasteiger partial charge is 0.391 e. The molecule has 2 aliphatic rings. The summed E-state index contributed by atoms with van der Waals surface area (Å²) in [6, 6.07) is 8.71. The van der Waals surface area contributed by atoms with Crippen LogP contribution in [0.4, 0.5) is 0 Å². The lowest BCUT2D eigenvalue weighted by atomic mass is 9.84. The molecule has 1 aromatic heterocycles. The number of nitrogens with zero attached hydrogens (tertiary/aromatic N) is 2. The van der Waals surface area contributed by atoms with E-state index in [4.69, 9.17) is 0 Å². The van der Waals surface area contributed by atoms with Crippen LogP contribution < -0.4 is 5.32 Å². The van der Waals surface area contributed by atoms with Gasteiger partial charge in [-0.05, 0) is 18.5 Å². The van der Waals surface area contributed by atoms with Crippen molar-refractivity contribution in [3.63, 3.8) is 0 Å². The highest BCUT2D eigenvalue weighted by molar-refractivity contribution is 5.69. The zero-order valence-electron chi connectivity index (χ0n) is 10.7. The minimum Gasteiger partial charge on any atom is -0.391 e. The standard InChI is InChI=1S/C15H17N3O/c19-14-8-16-6-5-12(14)15-11-4-2-1-3-10(11)13-7-17-9-18(13)15/h1-4,7,9,12,14-16,19H,5-6,8H2/t12-,14-,15?/m0/s1. The Hall–Kier alpha value is -1.65. The predicted octanol–water partition coefficient (Wildman–Crippen LogP) is 1.42. The maximum absolute atomic E-state index is 10.3. The number of rotatable bonds is 1. The summed E-state index contributed by atoms with van der Waals surface area (Å²) in [4.78, 5) is 4.28. The fourth-order valence-corrected chi connectivity index (χ4v) is 3.54. The number of aliphatic hydroxyl groups excluding tert-OH is 1. The molecule has 2 aliphatic heterocycles. The first-order valence-electron chi connectivity index (χ1n) is 6.86. The summed E-state index contributed by atoms with van der Waals surface area (Å²) >= 11 is 0. The molecular formula is C15H17N3O. The summed E-state index contributed by atoms with van der Waals surface area (Å²) in [5.41, 5.74) is 3.76. The number of aliphatic hydroxyl groups is 1. The number of piperidine rings is 1. The number of imidazole rings is 1. The van der Waals surface area contributed by atoms with Crippen molar-refractivity contribution in [3.05, 3.63) is 42.4 Å². The summed E-state index contributed by atoms with van der Waals surface area (Å²) in [6.45, 7) is 1.66. The Morgan fingerprint density at radius 3 is 3.11 bits per heavy atom. The first-order valence-corrected chi connectivity index (χ1v) is 6.86. The monoisotopic (exact) mass is 255 g/mol. The van der Waals surface area contributed by atoms with Crippen molar-refractivity contribution in [3.8, 4) is 11.3 Å². The number of hydrogen-bond acceptors (Lipinski definition) is 3. The normalized spacial score (nSPS) is 29.0. The van der Waals surface area contributed by atoms with Gasteiger partial charge in [-0.2, -0.15) is 0 Å². The molecule has 1 saturated heterocycles. The van der Waals surface area contributed by atoms with E-state index in [1.165, 1.54) is 16.8 Å². The van der Waals surface area contributed by atoms with E-state index in [-0.39, 0.29) is 18.1 Å². The van der Waals surface area contributed by atoms with Gasteiger partial charge in [-0.15, -0.1) is 0 Å². The number of aromatic nitrogens is 2. The topological polar surface area (TPSA) is 50.1 Å². The van der Waals surface area contributed by atoms with Gasteiger partial charge < -0.3 is 15.0 Å². The molecule has 3 atom stereocenters. The molecule has 2 aromatic rings. The van der Waals surface area contributed by atoms with E-state index in [1.807, 2.05) is 12.5 Å². The fraction of sp³-hybridized carbons (Fsp3) is 0.400. The average molecular weight is 255 g/mol. The molecular weight excluding hydrogens is 238 g/mol. The second-order valence-corrected chi connectivity index (χ2v) is 5.44. The number of benzene rings is 1. The van der Waals surface area contributed by atoms with Crippen molar-refractivity contribution in [1.29, 1.82) is 0 Å². The Morgan fingerprint density at radius 2 is 2.21 bits per heavy atom. The summed E-state index contributed by atoms with van der Waals surface area (Å²) in [5.74, 6) is 0.262. The second kappa shape index (κ2) is 4.18. The van der Waals surface area contributed by atoms with Gasteiger partial charge in [-0.25, -0.2) is 4.98 Å². The minimum absolute atomic E-state index is 0.228. The molecule has 0 amide bonds. The molecule has 2 N–H and O–H groups in total. The number of β-amino-alcohol motifs (C(OH)–C–C–N with tert-alkyl or cyclic N) is 1. The van der Waals surface area contributed by atoms with Gasteiger partial charge in [0.15, 0.2) is 0 Å². The van der Waals surface area contributed by atoms with Gasteiger partial charge >= 0.3 is 0 Å². The maximum Gasteiger partial charge on any atom is 0.0956 e. The molecule has 0 bridgehead atoms. The quantitative estimate of drug-likeness (QED) is 0.810. The van der Waals surface area contributed by atoms with E-state index in [0.29, 0.717) is 6.54 Å². The van der Waals surface area contributed by atoms with Crippen LogP contribution in [0.1, 0.15) is 18.0 Å². The Morgan fingerprint density at radius 1 is 1.32 bits per heavy atom. The third-order valence-electron chi connectivity index (χ3n) is 4.43. The second-order valence-electron chi connectivity index (χ2n) is 5.44. The zero-order valence-corrected chi connectivity index (χ0v) is 10.7. The molecule has 0 aliphatic carbocycles. The molecule has 1 unspecified atom stereocenters. The van der Waals surface area contributed by atoms with Gasteiger partial charge in [0, 0.05) is 18.0 Å². The van der Waals surface area contributed by atoms with Crippen LogP contribution >= 0.6 is 0 Å². The van der Waals surface area contributed by atoms with E-state index in [2.05, 4.69) is 39.1 Å². The van der Waals surface area contributed by atoms with Crippen molar-refractivity contribution >= 4 is 0 Å². The van der Waals surface area contributed by atoms with Gasteiger partial charge in [0.2, 0.25) is 0 Å². The Labute approximate surface area is 112 Å². The summed E-state index contributed by atoms with van der Waals surface area (Å²) < 4.78 is 2.23. The molecule has 1 fully saturated rings. The van der Waals surface area contributed by atoms with E-state index in [0.717, 1.165) is 13.0 Å². The molecule has 4 nitrogen and oxygen atoms in total. The number of fused-ring (bicyclic) bond motifs is 3. The molecule has 0 radical (unpaired) electrons. The summed E-state index contributed by atoms with van der Waals surface area (Å²) in [6.07, 6.45) is 4.53. The van der Waals surface area contributed by atoms with E-state index in [9.17, 15) is 5.11 Å². The van der Waals surface area contributed by atoms with Gasteiger partial charge in [0.25, 0.3) is 0 Å².